The highest BCUT2D eigenvalue weighted by atomic mass is 16.6. The molecule has 0 spiro atoms. The van der Waals surface area contributed by atoms with Gasteiger partial charge in [-0.25, -0.2) is 9.48 Å². The molecule has 29 heavy (non-hydrogen) atoms. The molecule has 0 saturated heterocycles. The maximum absolute atomic E-state index is 12.5. The Morgan fingerprint density at radius 3 is 2.72 bits per heavy atom. The van der Waals surface area contributed by atoms with Gasteiger partial charge in [-0.05, 0) is 37.3 Å². The predicted molar refractivity (Wildman–Crippen MR) is 103 cm³/mol. The normalized spacial score (nSPS) is 12.4. The second kappa shape index (κ2) is 7.63. The average molecular weight is 395 g/mol. The van der Waals surface area contributed by atoms with Crippen molar-refractivity contribution in [1.29, 1.82) is 0 Å². The first-order chi connectivity index (χ1) is 14.1. The number of carbonyl (C=O) groups is 1. The molecule has 0 unspecified atom stereocenters. The molecule has 148 valence electrons. The van der Waals surface area contributed by atoms with E-state index in [2.05, 4.69) is 5.10 Å². The average Bonchev–Trinajstić information content (AvgIpc) is 3.19. The van der Waals surface area contributed by atoms with Crippen LogP contribution in [0.1, 0.15) is 17.4 Å². The summed E-state index contributed by atoms with van der Waals surface area (Å²) in [5.41, 5.74) is 1.65. The third-order valence-corrected chi connectivity index (χ3v) is 4.32. The summed E-state index contributed by atoms with van der Waals surface area (Å²) < 4.78 is 17.6. The molecule has 2 heterocycles. The number of carbonyl (C=O) groups excluding carboxylic acids is 1. The number of nitrogens with zero attached hydrogens (tertiary/aromatic N) is 3. The van der Waals surface area contributed by atoms with Gasteiger partial charge in [-0.1, -0.05) is 6.07 Å². The van der Waals surface area contributed by atoms with Gasteiger partial charge < -0.3 is 14.2 Å². The van der Waals surface area contributed by atoms with E-state index in [1.165, 1.54) is 22.9 Å². The summed E-state index contributed by atoms with van der Waals surface area (Å²) >= 11 is 0. The maximum atomic E-state index is 12.5. The molecule has 0 radical (unpaired) electrons. The summed E-state index contributed by atoms with van der Waals surface area (Å²) in [5.74, 6) is 0.662. The fourth-order valence-electron chi connectivity index (χ4n) is 3.01. The van der Waals surface area contributed by atoms with Gasteiger partial charge in [0.05, 0.1) is 22.9 Å². The van der Waals surface area contributed by atoms with Gasteiger partial charge in [-0.2, -0.15) is 5.10 Å². The van der Waals surface area contributed by atoms with Crippen LogP contribution in [0.4, 0.5) is 5.69 Å². The monoisotopic (exact) mass is 395 g/mol. The summed E-state index contributed by atoms with van der Waals surface area (Å²) in [6.07, 6.45) is 0. The van der Waals surface area contributed by atoms with Crippen LogP contribution in [0.15, 0.2) is 48.5 Å². The van der Waals surface area contributed by atoms with E-state index in [0.717, 1.165) is 0 Å². The fourth-order valence-corrected chi connectivity index (χ4v) is 3.01. The highest BCUT2D eigenvalue weighted by Crippen LogP contribution is 2.34. The van der Waals surface area contributed by atoms with Crippen molar-refractivity contribution in [2.24, 2.45) is 0 Å². The topological polar surface area (TPSA) is 106 Å². The van der Waals surface area contributed by atoms with Crippen molar-refractivity contribution in [3.63, 3.8) is 0 Å². The van der Waals surface area contributed by atoms with Crippen LogP contribution in [0.3, 0.4) is 0 Å². The molecule has 0 bridgehead atoms. The molecule has 9 heteroatoms. The zero-order chi connectivity index (χ0) is 20.4. The lowest BCUT2D eigenvalue weighted by Crippen LogP contribution is -2.15. The zero-order valence-electron chi connectivity index (χ0n) is 15.5. The zero-order valence-corrected chi connectivity index (χ0v) is 15.5. The van der Waals surface area contributed by atoms with E-state index in [-0.39, 0.29) is 18.0 Å². The van der Waals surface area contributed by atoms with E-state index in [1.807, 2.05) is 6.07 Å². The molecule has 4 rings (SSSR count). The molecule has 0 fully saturated rings. The quantitative estimate of drug-likeness (QED) is 0.370. The van der Waals surface area contributed by atoms with Gasteiger partial charge in [0.1, 0.15) is 13.2 Å². The fraction of sp³-hybridized carbons (Fsp3) is 0.200. The van der Waals surface area contributed by atoms with E-state index in [9.17, 15) is 14.9 Å². The van der Waals surface area contributed by atoms with Crippen molar-refractivity contribution in [2.45, 2.75) is 6.92 Å². The maximum Gasteiger partial charge on any atom is 0.357 e. The standard InChI is InChI=1S/C20H17N3O6/c1-2-27-20(24)17-12-16(13-6-7-18-19(10-13)29-9-8-28-18)21-22(17)14-4-3-5-15(11-14)23(25)26/h3-7,10-12H,2,8-9H2,1H3. The van der Waals surface area contributed by atoms with Crippen molar-refractivity contribution in [3.8, 4) is 28.4 Å². The molecule has 2 aromatic carbocycles. The van der Waals surface area contributed by atoms with Gasteiger partial charge in [0.25, 0.3) is 5.69 Å². The van der Waals surface area contributed by atoms with Gasteiger partial charge in [-0.3, -0.25) is 10.1 Å². The van der Waals surface area contributed by atoms with Crippen LogP contribution in [0.5, 0.6) is 11.5 Å². The number of nitro benzene ring substituents is 1. The van der Waals surface area contributed by atoms with Crippen LogP contribution in [-0.4, -0.2) is 40.5 Å². The van der Waals surface area contributed by atoms with Crippen molar-refractivity contribution in [1.82, 2.24) is 9.78 Å². The van der Waals surface area contributed by atoms with Gasteiger partial charge in [0.2, 0.25) is 0 Å². The number of aromatic nitrogens is 2. The van der Waals surface area contributed by atoms with Crippen LogP contribution in [-0.2, 0) is 4.74 Å². The Hall–Kier alpha value is -3.88. The molecular formula is C20H17N3O6. The van der Waals surface area contributed by atoms with E-state index in [4.69, 9.17) is 14.2 Å². The summed E-state index contributed by atoms with van der Waals surface area (Å²) in [6, 6.07) is 12.8. The Morgan fingerprint density at radius 1 is 1.17 bits per heavy atom. The Bertz CT molecular complexity index is 1090. The molecule has 3 aromatic rings. The minimum Gasteiger partial charge on any atom is -0.486 e. The van der Waals surface area contributed by atoms with E-state index in [0.29, 0.717) is 41.7 Å². The first-order valence-corrected chi connectivity index (χ1v) is 8.99. The molecule has 1 aliphatic heterocycles. The summed E-state index contributed by atoms with van der Waals surface area (Å²) in [7, 11) is 0. The van der Waals surface area contributed by atoms with Crippen molar-refractivity contribution >= 4 is 11.7 Å². The van der Waals surface area contributed by atoms with Crippen molar-refractivity contribution < 1.29 is 23.9 Å². The van der Waals surface area contributed by atoms with Crippen molar-refractivity contribution in [3.05, 3.63) is 64.3 Å². The molecule has 0 saturated carbocycles. The number of nitro groups is 1. The number of fused-ring (bicyclic) bond motifs is 1. The second-order valence-corrected chi connectivity index (χ2v) is 6.18. The highest BCUT2D eigenvalue weighted by molar-refractivity contribution is 5.90. The Morgan fingerprint density at radius 2 is 1.97 bits per heavy atom. The number of hydrogen-bond donors (Lipinski definition) is 0. The number of ether oxygens (including phenoxy) is 3. The largest absolute Gasteiger partial charge is 0.486 e. The van der Waals surface area contributed by atoms with E-state index < -0.39 is 10.9 Å². The SMILES string of the molecule is CCOC(=O)c1cc(-c2ccc3c(c2)OCCO3)nn1-c1cccc([N+](=O)[O-])c1. The van der Waals surface area contributed by atoms with Crippen molar-refractivity contribution in [2.75, 3.05) is 19.8 Å². The number of benzene rings is 2. The first-order valence-electron chi connectivity index (χ1n) is 8.99. The summed E-state index contributed by atoms with van der Waals surface area (Å²) in [6.45, 7) is 2.83. The van der Waals surface area contributed by atoms with Crippen LogP contribution in [0.2, 0.25) is 0 Å². The van der Waals surface area contributed by atoms with Crippen LogP contribution in [0.25, 0.3) is 16.9 Å². The van der Waals surface area contributed by atoms with E-state index in [1.54, 1.807) is 31.2 Å². The summed E-state index contributed by atoms with van der Waals surface area (Å²) in [5, 5.41) is 15.6. The molecular weight excluding hydrogens is 378 g/mol. The Balaban J connectivity index is 1.81. The van der Waals surface area contributed by atoms with Crippen LogP contribution >= 0.6 is 0 Å². The third-order valence-electron chi connectivity index (χ3n) is 4.32. The minimum absolute atomic E-state index is 0.103. The Labute approximate surface area is 165 Å². The molecule has 0 amide bonds. The lowest BCUT2D eigenvalue weighted by molar-refractivity contribution is -0.384. The second-order valence-electron chi connectivity index (χ2n) is 6.18. The summed E-state index contributed by atoms with van der Waals surface area (Å²) in [4.78, 5) is 23.1. The number of rotatable bonds is 5. The molecule has 0 N–H and O–H groups in total. The minimum atomic E-state index is -0.574. The molecule has 0 atom stereocenters. The number of esters is 1. The van der Waals surface area contributed by atoms with Gasteiger partial charge in [-0.15, -0.1) is 0 Å². The highest BCUT2D eigenvalue weighted by Gasteiger charge is 2.21. The lowest BCUT2D eigenvalue weighted by Gasteiger charge is -2.18. The first kappa shape index (κ1) is 18.5. The predicted octanol–water partition coefficient (Wildman–Crippen LogP) is 3.40. The molecule has 1 aliphatic rings. The van der Waals surface area contributed by atoms with Crippen LogP contribution < -0.4 is 9.47 Å². The lowest BCUT2D eigenvalue weighted by atomic mass is 10.1. The molecule has 9 nitrogen and oxygen atoms in total. The number of non-ortho nitro benzene ring substituents is 1. The molecule has 0 aliphatic carbocycles. The van der Waals surface area contributed by atoms with Crippen LogP contribution in [0, 0.1) is 10.1 Å². The van der Waals surface area contributed by atoms with Gasteiger partial charge >= 0.3 is 5.97 Å². The molecule has 1 aromatic heterocycles. The van der Waals surface area contributed by atoms with Gasteiger partial charge in [0, 0.05) is 17.7 Å². The smallest absolute Gasteiger partial charge is 0.357 e. The van der Waals surface area contributed by atoms with Gasteiger partial charge in [0.15, 0.2) is 17.2 Å². The van der Waals surface area contributed by atoms with E-state index >= 15 is 0 Å². The number of hydrogen-bond acceptors (Lipinski definition) is 7. The Kier molecular flexibility index (Phi) is 4.86. The third kappa shape index (κ3) is 3.62.